The number of rotatable bonds is 6. The normalized spacial score (nSPS) is 9.67. The van der Waals surface area contributed by atoms with Crippen LogP contribution < -0.4 is 4.90 Å². The van der Waals surface area contributed by atoms with Crippen LogP contribution in [0.25, 0.3) is 0 Å². The van der Waals surface area contributed by atoms with E-state index in [1.165, 1.54) is 4.90 Å². The van der Waals surface area contributed by atoms with Crippen LogP contribution in [0.15, 0.2) is 30.3 Å². The summed E-state index contributed by atoms with van der Waals surface area (Å²) in [6, 6.07) is 9.19. The van der Waals surface area contributed by atoms with E-state index in [1.54, 1.807) is 0 Å². The lowest BCUT2D eigenvalue weighted by Crippen LogP contribution is -2.24. The molecule has 0 fully saturated rings. The van der Waals surface area contributed by atoms with Crippen molar-refractivity contribution in [2.75, 3.05) is 17.3 Å². The molecule has 0 aliphatic rings. The van der Waals surface area contributed by atoms with Gasteiger partial charge in [-0.05, 0) is 12.1 Å². The molecule has 0 radical (unpaired) electrons. The molecule has 0 aliphatic heterocycles. The molecular formula is C11H12ClNO2. The lowest BCUT2D eigenvalue weighted by Gasteiger charge is -2.16. The lowest BCUT2D eigenvalue weighted by atomic mass is 10.2. The Balaban J connectivity index is 2.57. The minimum absolute atomic E-state index is 0.00148. The van der Waals surface area contributed by atoms with E-state index in [0.29, 0.717) is 6.54 Å². The Labute approximate surface area is 93.6 Å². The van der Waals surface area contributed by atoms with Crippen LogP contribution in [0, 0.1) is 0 Å². The maximum atomic E-state index is 11.0. The van der Waals surface area contributed by atoms with E-state index in [2.05, 4.69) is 0 Å². The summed E-state index contributed by atoms with van der Waals surface area (Å²) in [7, 11) is 0. The first-order valence-corrected chi connectivity index (χ1v) is 5.16. The zero-order valence-corrected chi connectivity index (χ0v) is 8.98. The van der Waals surface area contributed by atoms with Crippen molar-refractivity contribution in [1.29, 1.82) is 0 Å². The fraction of sp³-hybridized carbons (Fsp3) is 0.273. The lowest BCUT2D eigenvalue weighted by molar-refractivity contribution is -0.116. The SMILES string of the molecule is O=CN(CCC(=O)CCl)c1ccccc1. The maximum absolute atomic E-state index is 11.0. The average Bonchev–Trinajstić information content (AvgIpc) is 2.31. The van der Waals surface area contributed by atoms with Crippen LogP contribution in [0.5, 0.6) is 0 Å². The van der Waals surface area contributed by atoms with Gasteiger partial charge in [0.2, 0.25) is 6.41 Å². The minimum atomic E-state index is -0.0561. The van der Waals surface area contributed by atoms with Gasteiger partial charge in [0.05, 0.1) is 5.88 Å². The van der Waals surface area contributed by atoms with Crippen LogP contribution in [-0.2, 0) is 9.59 Å². The number of alkyl halides is 1. The summed E-state index contributed by atoms with van der Waals surface area (Å²) >= 11 is 5.37. The molecule has 0 aromatic heterocycles. The fourth-order valence-corrected chi connectivity index (χ4v) is 1.31. The van der Waals surface area contributed by atoms with Crippen LogP contribution in [0.4, 0.5) is 5.69 Å². The van der Waals surface area contributed by atoms with E-state index in [0.717, 1.165) is 12.1 Å². The molecule has 1 rings (SSSR count). The van der Waals surface area contributed by atoms with E-state index in [-0.39, 0.29) is 18.1 Å². The number of benzene rings is 1. The number of nitrogens with zero attached hydrogens (tertiary/aromatic N) is 1. The first-order valence-electron chi connectivity index (χ1n) is 4.62. The molecule has 0 saturated heterocycles. The number of Topliss-reactive ketones (excluding diaryl/α,β-unsaturated/α-hetero) is 1. The van der Waals surface area contributed by atoms with Crippen molar-refractivity contribution in [3.63, 3.8) is 0 Å². The van der Waals surface area contributed by atoms with E-state index < -0.39 is 0 Å². The van der Waals surface area contributed by atoms with Crippen LogP contribution >= 0.6 is 11.6 Å². The molecule has 0 bridgehead atoms. The summed E-state index contributed by atoms with van der Waals surface area (Å²) in [5.41, 5.74) is 0.787. The molecule has 0 saturated carbocycles. The first kappa shape index (κ1) is 11.7. The van der Waals surface area contributed by atoms with Gasteiger partial charge in [0, 0.05) is 18.7 Å². The van der Waals surface area contributed by atoms with Crippen molar-refractivity contribution in [3.05, 3.63) is 30.3 Å². The molecule has 4 heteroatoms. The van der Waals surface area contributed by atoms with E-state index >= 15 is 0 Å². The second kappa shape index (κ2) is 6.19. The number of hydrogen-bond acceptors (Lipinski definition) is 2. The number of para-hydroxylation sites is 1. The standard InChI is InChI=1S/C11H12ClNO2/c12-8-11(15)6-7-13(9-14)10-4-2-1-3-5-10/h1-5,9H,6-8H2. The number of ketones is 1. The molecule has 0 aliphatic carbocycles. The molecule has 1 aromatic rings. The molecule has 0 N–H and O–H groups in total. The molecule has 80 valence electrons. The highest BCUT2D eigenvalue weighted by molar-refractivity contribution is 6.27. The predicted octanol–water partition coefficient (Wildman–Crippen LogP) is 1.85. The Morgan fingerprint density at radius 2 is 2.00 bits per heavy atom. The summed E-state index contributed by atoms with van der Waals surface area (Å²) in [6.45, 7) is 0.374. The molecule has 0 heterocycles. The van der Waals surface area contributed by atoms with Crippen molar-refractivity contribution >= 4 is 29.5 Å². The molecule has 3 nitrogen and oxygen atoms in total. The van der Waals surface area contributed by atoms with Crippen molar-refractivity contribution in [3.8, 4) is 0 Å². The van der Waals surface area contributed by atoms with Gasteiger partial charge in [0.1, 0.15) is 5.78 Å². The Hall–Kier alpha value is -1.35. The van der Waals surface area contributed by atoms with Gasteiger partial charge in [-0.1, -0.05) is 18.2 Å². The van der Waals surface area contributed by atoms with Gasteiger partial charge < -0.3 is 4.90 Å². The highest BCUT2D eigenvalue weighted by atomic mass is 35.5. The number of amides is 1. The smallest absolute Gasteiger partial charge is 0.214 e. The topological polar surface area (TPSA) is 37.4 Å². The van der Waals surface area contributed by atoms with Crippen molar-refractivity contribution in [2.24, 2.45) is 0 Å². The van der Waals surface area contributed by atoms with Gasteiger partial charge in [-0.15, -0.1) is 11.6 Å². The maximum Gasteiger partial charge on any atom is 0.214 e. The van der Waals surface area contributed by atoms with Crippen LogP contribution in [0.2, 0.25) is 0 Å². The number of carbonyl (C=O) groups excluding carboxylic acids is 2. The zero-order chi connectivity index (χ0) is 11.1. The number of anilines is 1. The van der Waals surface area contributed by atoms with Gasteiger partial charge in [0.25, 0.3) is 0 Å². The summed E-state index contributed by atoms with van der Waals surface area (Å²) < 4.78 is 0. The van der Waals surface area contributed by atoms with Crippen LogP contribution in [0.3, 0.4) is 0 Å². The summed E-state index contributed by atoms with van der Waals surface area (Å²) in [5.74, 6) is -0.0546. The molecule has 15 heavy (non-hydrogen) atoms. The van der Waals surface area contributed by atoms with E-state index in [9.17, 15) is 9.59 Å². The monoisotopic (exact) mass is 225 g/mol. The second-order valence-corrected chi connectivity index (χ2v) is 3.32. The molecular weight excluding hydrogens is 214 g/mol. The van der Waals surface area contributed by atoms with Gasteiger partial charge >= 0.3 is 0 Å². The minimum Gasteiger partial charge on any atom is -0.315 e. The van der Waals surface area contributed by atoms with Crippen molar-refractivity contribution < 1.29 is 9.59 Å². The largest absolute Gasteiger partial charge is 0.315 e. The van der Waals surface area contributed by atoms with Crippen molar-refractivity contribution in [2.45, 2.75) is 6.42 Å². The molecule has 0 unspecified atom stereocenters. The Bertz CT molecular complexity index is 327. The highest BCUT2D eigenvalue weighted by Crippen LogP contribution is 2.11. The van der Waals surface area contributed by atoms with Gasteiger partial charge in [-0.2, -0.15) is 0 Å². The zero-order valence-electron chi connectivity index (χ0n) is 8.23. The Morgan fingerprint density at radius 3 is 2.53 bits per heavy atom. The predicted molar refractivity (Wildman–Crippen MR) is 60.2 cm³/mol. The highest BCUT2D eigenvalue weighted by Gasteiger charge is 2.06. The van der Waals surface area contributed by atoms with E-state index in [4.69, 9.17) is 11.6 Å². The first-order chi connectivity index (χ1) is 7.27. The second-order valence-electron chi connectivity index (χ2n) is 3.06. The molecule has 1 amide bonds. The average molecular weight is 226 g/mol. The number of carbonyl (C=O) groups is 2. The third-order valence-corrected chi connectivity index (χ3v) is 2.29. The third kappa shape index (κ3) is 3.72. The van der Waals surface area contributed by atoms with Gasteiger partial charge in [-0.3, -0.25) is 9.59 Å². The molecule has 0 atom stereocenters. The Morgan fingerprint density at radius 1 is 1.33 bits per heavy atom. The van der Waals surface area contributed by atoms with Gasteiger partial charge in [0.15, 0.2) is 0 Å². The fourth-order valence-electron chi connectivity index (χ4n) is 1.17. The third-order valence-electron chi connectivity index (χ3n) is 2.00. The Kier molecular flexibility index (Phi) is 4.84. The summed E-state index contributed by atoms with van der Waals surface area (Å²) in [4.78, 5) is 23.3. The quantitative estimate of drug-likeness (QED) is 0.547. The summed E-state index contributed by atoms with van der Waals surface area (Å²) in [6.07, 6.45) is 1.01. The summed E-state index contributed by atoms with van der Waals surface area (Å²) in [5, 5.41) is 0. The molecule has 1 aromatic carbocycles. The van der Waals surface area contributed by atoms with E-state index in [1.807, 2.05) is 30.3 Å². The molecule has 0 spiro atoms. The van der Waals surface area contributed by atoms with Crippen LogP contribution in [0.1, 0.15) is 6.42 Å². The van der Waals surface area contributed by atoms with Gasteiger partial charge in [-0.25, -0.2) is 0 Å². The number of hydrogen-bond donors (Lipinski definition) is 0. The number of halogens is 1. The van der Waals surface area contributed by atoms with Crippen LogP contribution in [-0.4, -0.2) is 24.6 Å². The van der Waals surface area contributed by atoms with Crippen molar-refractivity contribution in [1.82, 2.24) is 0 Å².